The van der Waals surface area contributed by atoms with Gasteiger partial charge < -0.3 is 5.32 Å². The lowest BCUT2D eigenvalue weighted by atomic mass is 9.95. The van der Waals surface area contributed by atoms with Crippen molar-refractivity contribution >= 4 is 0 Å². The van der Waals surface area contributed by atoms with Gasteiger partial charge in [-0.3, -0.25) is 0 Å². The lowest BCUT2D eigenvalue weighted by Gasteiger charge is -2.24. The third-order valence-electron chi connectivity index (χ3n) is 2.51. The Kier molecular flexibility index (Phi) is 3.97. The van der Waals surface area contributed by atoms with E-state index in [0.29, 0.717) is 12.1 Å². The normalized spacial score (nSPS) is 27.9. The molecule has 0 amide bonds. The fourth-order valence-electron chi connectivity index (χ4n) is 2.04. The summed E-state index contributed by atoms with van der Waals surface area (Å²) in [7, 11) is 0. The molecule has 1 aliphatic rings. The molecule has 2 atom stereocenters. The van der Waals surface area contributed by atoms with Crippen molar-refractivity contribution in [2.24, 2.45) is 0 Å². The Morgan fingerprint density at radius 3 is 2.77 bits per heavy atom. The van der Waals surface area contributed by atoms with Crippen LogP contribution in [0.15, 0.2) is 37.0 Å². The summed E-state index contributed by atoms with van der Waals surface area (Å²) in [5, 5.41) is 2.44. The molecule has 1 aliphatic heterocycles. The molecule has 0 aromatic carbocycles. The Morgan fingerprint density at radius 2 is 2.15 bits per heavy atom. The molecule has 1 heterocycles. The SMILES string of the molecule is C=CC[C@@H]1CC(C)=C[C@@H](CC=C)[NH2+]1. The number of hydrogen-bond acceptors (Lipinski definition) is 0. The lowest BCUT2D eigenvalue weighted by Crippen LogP contribution is -2.95. The zero-order valence-corrected chi connectivity index (χ0v) is 8.50. The molecule has 0 saturated carbocycles. The van der Waals surface area contributed by atoms with Gasteiger partial charge in [-0.1, -0.05) is 17.7 Å². The first-order valence-corrected chi connectivity index (χ1v) is 5.00. The minimum absolute atomic E-state index is 0.608. The van der Waals surface area contributed by atoms with Crippen molar-refractivity contribution in [3.8, 4) is 0 Å². The van der Waals surface area contributed by atoms with Crippen molar-refractivity contribution in [3.05, 3.63) is 37.0 Å². The van der Waals surface area contributed by atoms with Crippen LogP contribution in [0.3, 0.4) is 0 Å². The molecule has 13 heavy (non-hydrogen) atoms. The van der Waals surface area contributed by atoms with Crippen LogP contribution in [0.2, 0.25) is 0 Å². The third-order valence-corrected chi connectivity index (χ3v) is 2.51. The van der Waals surface area contributed by atoms with E-state index < -0.39 is 0 Å². The molecule has 0 spiro atoms. The minimum Gasteiger partial charge on any atom is -0.337 e. The highest BCUT2D eigenvalue weighted by molar-refractivity contribution is 5.07. The molecule has 0 radical (unpaired) electrons. The maximum Gasteiger partial charge on any atom is 0.108 e. The van der Waals surface area contributed by atoms with Gasteiger partial charge in [-0.05, 0) is 13.0 Å². The van der Waals surface area contributed by atoms with Gasteiger partial charge in [0.05, 0.1) is 6.04 Å². The average molecular weight is 178 g/mol. The Bertz CT molecular complexity index is 215. The summed E-state index contributed by atoms with van der Waals surface area (Å²) < 4.78 is 0. The van der Waals surface area contributed by atoms with E-state index in [2.05, 4.69) is 31.5 Å². The summed E-state index contributed by atoms with van der Waals surface area (Å²) in [4.78, 5) is 0. The van der Waals surface area contributed by atoms with E-state index in [-0.39, 0.29) is 0 Å². The second kappa shape index (κ2) is 5.03. The molecule has 0 saturated heterocycles. The average Bonchev–Trinajstić information content (AvgIpc) is 2.04. The Morgan fingerprint density at radius 1 is 1.46 bits per heavy atom. The van der Waals surface area contributed by atoms with E-state index in [4.69, 9.17) is 0 Å². The molecular weight excluding hydrogens is 158 g/mol. The second-order valence-corrected chi connectivity index (χ2v) is 3.88. The van der Waals surface area contributed by atoms with Gasteiger partial charge in [-0.25, -0.2) is 0 Å². The minimum atomic E-state index is 0.608. The first-order valence-electron chi connectivity index (χ1n) is 5.00. The van der Waals surface area contributed by atoms with E-state index in [1.54, 1.807) is 0 Å². The highest BCUT2D eigenvalue weighted by Crippen LogP contribution is 2.11. The fourth-order valence-corrected chi connectivity index (χ4v) is 2.04. The third kappa shape index (κ3) is 3.19. The summed E-state index contributed by atoms with van der Waals surface area (Å²) >= 11 is 0. The number of quaternary nitrogens is 1. The monoisotopic (exact) mass is 178 g/mol. The molecular formula is C12H20N+. The van der Waals surface area contributed by atoms with Gasteiger partial charge in [0.25, 0.3) is 0 Å². The van der Waals surface area contributed by atoms with Crippen LogP contribution < -0.4 is 5.32 Å². The molecule has 0 bridgehead atoms. The van der Waals surface area contributed by atoms with Crippen molar-refractivity contribution < 1.29 is 5.32 Å². The molecule has 0 aliphatic carbocycles. The molecule has 2 N–H and O–H groups in total. The Hall–Kier alpha value is -0.820. The maximum atomic E-state index is 3.79. The van der Waals surface area contributed by atoms with Crippen molar-refractivity contribution in [1.82, 2.24) is 0 Å². The number of nitrogens with two attached hydrogens (primary N) is 1. The van der Waals surface area contributed by atoms with Crippen LogP contribution >= 0.6 is 0 Å². The zero-order chi connectivity index (χ0) is 9.68. The van der Waals surface area contributed by atoms with E-state index in [9.17, 15) is 0 Å². The molecule has 0 fully saturated rings. The number of hydrogen-bond donors (Lipinski definition) is 1. The standard InChI is InChI=1S/C12H19N/c1-4-6-11-8-10(3)9-12(13-11)7-5-2/h4-5,8,11-13H,1-2,6-7,9H2,3H3/p+1/t11-,12-/m1/s1. The highest BCUT2D eigenvalue weighted by atomic mass is 15.0. The van der Waals surface area contributed by atoms with E-state index in [0.717, 1.165) is 12.8 Å². The van der Waals surface area contributed by atoms with Gasteiger partial charge in [0.1, 0.15) is 6.04 Å². The van der Waals surface area contributed by atoms with Gasteiger partial charge in [-0.2, -0.15) is 0 Å². The van der Waals surface area contributed by atoms with Crippen LogP contribution in [0.5, 0.6) is 0 Å². The van der Waals surface area contributed by atoms with Gasteiger partial charge in [0.2, 0.25) is 0 Å². The highest BCUT2D eigenvalue weighted by Gasteiger charge is 2.21. The van der Waals surface area contributed by atoms with Crippen LogP contribution in [0.25, 0.3) is 0 Å². The van der Waals surface area contributed by atoms with Crippen LogP contribution in [0.4, 0.5) is 0 Å². The van der Waals surface area contributed by atoms with Gasteiger partial charge >= 0.3 is 0 Å². The molecule has 0 aromatic rings. The van der Waals surface area contributed by atoms with Gasteiger partial charge in [0.15, 0.2) is 0 Å². The molecule has 72 valence electrons. The van der Waals surface area contributed by atoms with Gasteiger partial charge in [-0.15, -0.1) is 13.2 Å². The Balaban J connectivity index is 2.53. The summed E-state index contributed by atoms with van der Waals surface area (Å²) in [5.41, 5.74) is 1.52. The lowest BCUT2D eigenvalue weighted by molar-refractivity contribution is -0.713. The fraction of sp³-hybridized carbons (Fsp3) is 0.500. The molecule has 1 heteroatoms. The maximum absolute atomic E-state index is 3.79. The predicted molar refractivity (Wildman–Crippen MR) is 57.5 cm³/mol. The predicted octanol–water partition coefficient (Wildman–Crippen LogP) is 1.79. The van der Waals surface area contributed by atoms with E-state index in [1.807, 2.05) is 12.2 Å². The van der Waals surface area contributed by atoms with Crippen molar-refractivity contribution in [2.45, 2.75) is 38.3 Å². The van der Waals surface area contributed by atoms with Crippen molar-refractivity contribution in [2.75, 3.05) is 0 Å². The van der Waals surface area contributed by atoms with Crippen LogP contribution in [0.1, 0.15) is 26.2 Å². The zero-order valence-electron chi connectivity index (χ0n) is 8.50. The smallest absolute Gasteiger partial charge is 0.108 e. The first-order chi connectivity index (χ1) is 6.26. The van der Waals surface area contributed by atoms with Crippen LogP contribution in [-0.4, -0.2) is 12.1 Å². The van der Waals surface area contributed by atoms with Gasteiger partial charge in [0, 0.05) is 19.3 Å². The number of rotatable bonds is 4. The van der Waals surface area contributed by atoms with E-state index in [1.165, 1.54) is 12.0 Å². The second-order valence-electron chi connectivity index (χ2n) is 3.88. The topological polar surface area (TPSA) is 16.6 Å². The summed E-state index contributed by atoms with van der Waals surface area (Å²) in [5.74, 6) is 0. The van der Waals surface area contributed by atoms with E-state index >= 15 is 0 Å². The quantitative estimate of drug-likeness (QED) is 0.632. The van der Waals surface area contributed by atoms with Crippen LogP contribution in [-0.2, 0) is 0 Å². The first kappa shape index (κ1) is 10.3. The van der Waals surface area contributed by atoms with Crippen LogP contribution in [0, 0.1) is 0 Å². The summed E-state index contributed by atoms with van der Waals surface area (Å²) in [6.45, 7) is 9.79. The Labute approximate surface area is 81.2 Å². The molecule has 0 unspecified atom stereocenters. The summed E-state index contributed by atoms with van der Waals surface area (Å²) in [6.07, 6.45) is 9.77. The molecule has 1 rings (SSSR count). The van der Waals surface area contributed by atoms with Crippen molar-refractivity contribution in [3.63, 3.8) is 0 Å². The molecule has 1 nitrogen and oxygen atoms in total. The van der Waals surface area contributed by atoms with Crippen molar-refractivity contribution in [1.29, 1.82) is 0 Å². The molecule has 0 aromatic heterocycles. The summed E-state index contributed by atoms with van der Waals surface area (Å²) in [6, 6.07) is 1.31. The largest absolute Gasteiger partial charge is 0.337 e.